The number of benzene rings is 1. The number of ether oxygens (including phenoxy) is 1. The van der Waals surface area contributed by atoms with Crippen LogP contribution in [0.1, 0.15) is 43.4 Å². The molecule has 0 radical (unpaired) electrons. The van der Waals surface area contributed by atoms with Crippen molar-refractivity contribution in [2.75, 3.05) is 18.5 Å². The molecule has 156 valence electrons. The Bertz CT molecular complexity index is 1030. The van der Waals surface area contributed by atoms with Crippen molar-refractivity contribution in [2.45, 2.75) is 45.6 Å². The van der Waals surface area contributed by atoms with E-state index in [1.165, 1.54) is 0 Å². The van der Waals surface area contributed by atoms with Crippen molar-refractivity contribution in [2.24, 2.45) is 0 Å². The molecule has 0 amide bonds. The van der Waals surface area contributed by atoms with Gasteiger partial charge in [0.05, 0.1) is 25.3 Å². The van der Waals surface area contributed by atoms with Crippen molar-refractivity contribution < 1.29 is 14.1 Å². The summed E-state index contributed by atoms with van der Waals surface area (Å²) in [4.78, 5) is 17.0. The van der Waals surface area contributed by atoms with E-state index in [2.05, 4.69) is 42.3 Å². The second-order valence-electron chi connectivity index (χ2n) is 8.73. The minimum Gasteiger partial charge on any atom is -0.375 e. The number of carbonyl (C=O) groups excluding carboxylic acids is 1. The van der Waals surface area contributed by atoms with Crippen molar-refractivity contribution in [1.82, 2.24) is 10.1 Å². The Hall–Kier alpha value is -2.99. The van der Waals surface area contributed by atoms with E-state index in [0.29, 0.717) is 25.3 Å². The molecule has 0 saturated carbocycles. The molecule has 30 heavy (non-hydrogen) atoms. The number of nitrogens with zero attached hydrogens (tertiary/aromatic N) is 2. The van der Waals surface area contributed by atoms with Crippen LogP contribution in [0.25, 0.3) is 11.1 Å². The number of hydrogen-bond acceptors (Lipinski definition) is 6. The third kappa shape index (κ3) is 4.76. The van der Waals surface area contributed by atoms with E-state index in [-0.39, 0.29) is 17.6 Å². The number of nitrogens with one attached hydrogen (secondary N) is 1. The molecule has 0 unspecified atom stereocenters. The summed E-state index contributed by atoms with van der Waals surface area (Å²) < 4.78 is 11.0. The molecule has 0 bridgehead atoms. The minimum atomic E-state index is -0.114. The molecule has 0 aliphatic carbocycles. The molecule has 6 nitrogen and oxygen atoms in total. The number of fused-ring (bicyclic) bond motifs is 1. The first-order valence-corrected chi connectivity index (χ1v) is 10.3. The van der Waals surface area contributed by atoms with Crippen LogP contribution in [0.5, 0.6) is 0 Å². The lowest BCUT2D eigenvalue weighted by molar-refractivity contribution is -0.117. The van der Waals surface area contributed by atoms with Crippen LogP contribution in [0, 0.1) is 0 Å². The molecule has 4 rings (SSSR count). The van der Waals surface area contributed by atoms with Gasteiger partial charge in [0.25, 0.3) is 0 Å². The summed E-state index contributed by atoms with van der Waals surface area (Å²) in [7, 11) is 0. The van der Waals surface area contributed by atoms with Crippen molar-refractivity contribution in [3.8, 4) is 11.1 Å². The zero-order chi connectivity index (χ0) is 21.1. The van der Waals surface area contributed by atoms with Gasteiger partial charge < -0.3 is 14.6 Å². The lowest BCUT2D eigenvalue weighted by Crippen LogP contribution is -2.09. The number of carbonyl (C=O) groups is 1. The zero-order valence-electron chi connectivity index (χ0n) is 17.7. The summed E-state index contributed by atoms with van der Waals surface area (Å²) in [6.45, 7) is 8.19. The van der Waals surface area contributed by atoms with E-state index < -0.39 is 0 Å². The highest BCUT2D eigenvalue weighted by Gasteiger charge is 2.20. The molecule has 3 heterocycles. The summed E-state index contributed by atoms with van der Waals surface area (Å²) in [6, 6.07) is 12.0. The SMILES string of the molecule is CC(C)(C)c1cc(CC(=O)Cc2ccc(-c3cnc4c(c3)COCCN4)cc2)no1. The fourth-order valence-electron chi connectivity index (χ4n) is 3.42. The normalized spacial score (nSPS) is 14.0. The average molecular weight is 405 g/mol. The standard InChI is InChI=1S/C24H27N3O3/c1-24(2,3)22-13-20(27-30-22)12-21(28)10-16-4-6-17(7-5-16)18-11-19-15-29-9-8-25-23(19)26-14-18/h4-7,11,13-14H,8-10,12,15H2,1-3H3,(H,25,26). The molecule has 6 heteroatoms. The number of pyridine rings is 1. The first-order chi connectivity index (χ1) is 14.4. The van der Waals surface area contributed by atoms with Gasteiger partial charge in [0.15, 0.2) is 0 Å². The first kappa shape index (κ1) is 20.3. The third-order valence-electron chi connectivity index (χ3n) is 5.13. The Labute approximate surface area is 176 Å². The lowest BCUT2D eigenvalue weighted by atomic mass is 9.93. The topological polar surface area (TPSA) is 77.2 Å². The number of Topliss-reactive ketones (excluding diaryl/α,β-unsaturated/α-hetero) is 1. The molecular weight excluding hydrogens is 378 g/mol. The van der Waals surface area contributed by atoms with Crippen LogP contribution in [-0.2, 0) is 34.4 Å². The zero-order valence-corrected chi connectivity index (χ0v) is 17.7. The Morgan fingerprint density at radius 3 is 2.63 bits per heavy atom. The molecule has 1 aliphatic rings. The molecule has 0 atom stereocenters. The van der Waals surface area contributed by atoms with E-state index >= 15 is 0 Å². The van der Waals surface area contributed by atoms with E-state index in [0.717, 1.165) is 40.4 Å². The van der Waals surface area contributed by atoms with E-state index in [4.69, 9.17) is 9.26 Å². The van der Waals surface area contributed by atoms with Crippen molar-refractivity contribution in [3.05, 3.63) is 65.2 Å². The molecule has 0 saturated heterocycles. The van der Waals surface area contributed by atoms with E-state index in [9.17, 15) is 4.79 Å². The van der Waals surface area contributed by atoms with Gasteiger partial charge in [-0.3, -0.25) is 4.79 Å². The fraction of sp³-hybridized carbons (Fsp3) is 0.375. The lowest BCUT2D eigenvalue weighted by Gasteiger charge is -2.12. The van der Waals surface area contributed by atoms with Gasteiger partial charge in [0, 0.05) is 41.8 Å². The highest BCUT2D eigenvalue weighted by Crippen LogP contribution is 2.26. The summed E-state index contributed by atoms with van der Waals surface area (Å²) >= 11 is 0. The van der Waals surface area contributed by atoms with Gasteiger partial charge in [-0.25, -0.2) is 4.98 Å². The van der Waals surface area contributed by atoms with Gasteiger partial charge in [-0.05, 0) is 17.2 Å². The van der Waals surface area contributed by atoms with E-state index in [1.807, 2.05) is 36.5 Å². The van der Waals surface area contributed by atoms with Crippen LogP contribution >= 0.6 is 0 Å². The van der Waals surface area contributed by atoms with E-state index in [1.54, 1.807) is 0 Å². The first-order valence-electron chi connectivity index (χ1n) is 10.3. The molecule has 0 spiro atoms. The summed E-state index contributed by atoms with van der Waals surface area (Å²) in [5.74, 6) is 1.80. The van der Waals surface area contributed by atoms with Gasteiger partial charge in [-0.2, -0.15) is 0 Å². The quantitative estimate of drug-likeness (QED) is 0.681. The maximum Gasteiger partial charge on any atom is 0.143 e. The summed E-state index contributed by atoms with van der Waals surface area (Å²) in [5, 5.41) is 7.32. The van der Waals surface area contributed by atoms with Gasteiger partial charge in [-0.1, -0.05) is 50.2 Å². The Morgan fingerprint density at radius 1 is 1.10 bits per heavy atom. The fourth-order valence-corrected chi connectivity index (χ4v) is 3.42. The molecule has 2 aromatic heterocycles. The Morgan fingerprint density at radius 2 is 1.90 bits per heavy atom. The predicted octanol–water partition coefficient (Wildman–Crippen LogP) is 4.33. The number of anilines is 1. The van der Waals surface area contributed by atoms with Gasteiger partial charge in [-0.15, -0.1) is 0 Å². The van der Waals surface area contributed by atoms with Crippen LogP contribution in [0.3, 0.4) is 0 Å². The maximum atomic E-state index is 12.5. The van der Waals surface area contributed by atoms with Crippen LogP contribution in [0.4, 0.5) is 5.82 Å². The number of rotatable bonds is 5. The minimum absolute atomic E-state index is 0.114. The second-order valence-corrected chi connectivity index (χ2v) is 8.73. The third-order valence-corrected chi connectivity index (χ3v) is 5.13. The van der Waals surface area contributed by atoms with Crippen LogP contribution < -0.4 is 5.32 Å². The van der Waals surface area contributed by atoms with Crippen molar-refractivity contribution in [3.63, 3.8) is 0 Å². The smallest absolute Gasteiger partial charge is 0.143 e. The van der Waals surface area contributed by atoms with Crippen molar-refractivity contribution in [1.29, 1.82) is 0 Å². The number of aromatic nitrogens is 2. The highest BCUT2D eigenvalue weighted by molar-refractivity contribution is 5.83. The molecule has 3 aromatic rings. The van der Waals surface area contributed by atoms with Gasteiger partial charge in [0.1, 0.15) is 17.4 Å². The van der Waals surface area contributed by atoms with Crippen LogP contribution in [0.2, 0.25) is 0 Å². The summed E-state index contributed by atoms with van der Waals surface area (Å²) in [6.07, 6.45) is 2.52. The van der Waals surface area contributed by atoms with Crippen LogP contribution in [0.15, 0.2) is 47.1 Å². The maximum absolute atomic E-state index is 12.5. The molecule has 0 fully saturated rings. The monoisotopic (exact) mass is 405 g/mol. The largest absolute Gasteiger partial charge is 0.375 e. The number of ketones is 1. The van der Waals surface area contributed by atoms with Gasteiger partial charge >= 0.3 is 0 Å². The molecule has 1 aliphatic heterocycles. The predicted molar refractivity (Wildman–Crippen MR) is 115 cm³/mol. The average Bonchev–Trinajstić information content (AvgIpc) is 3.05. The van der Waals surface area contributed by atoms with Crippen molar-refractivity contribution >= 4 is 11.6 Å². The molecule has 1 aromatic carbocycles. The highest BCUT2D eigenvalue weighted by atomic mass is 16.5. The van der Waals surface area contributed by atoms with Crippen LogP contribution in [-0.4, -0.2) is 29.1 Å². The molecular formula is C24H27N3O3. The Kier molecular flexibility index (Phi) is 5.68. The Balaban J connectivity index is 1.41. The number of hydrogen-bond donors (Lipinski definition) is 1. The second kappa shape index (κ2) is 8.40. The summed E-state index contributed by atoms with van der Waals surface area (Å²) in [5.41, 5.74) is 4.72. The van der Waals surface area contributed by atoms with Gasteiger partial charge in [0.2, 0.25) is 0 Å². The molecule has 1 N–H and O–H groups in total.